The summed E-state index contributed by atoms with van der Waals surface area (Å²) in [6, 6.07) is 8.64. The van der Waals surface area contributed by atoms with Gasteiger partial charge in [-0.2, -0.15) is 5.10 Å². The molecular weight excluding hydrogens is 338 g/mol. The molecule has 1 N–H and O–H groups in total. The van der Waals surface area contributed by atoms with Gasteiger partial charge >= 0.3 is 0 Å². The molecule has 1 aliphatic rings. The molecule has 2 aromatic rings. The minimum absolute atomic E-state index is 0.0184. The molecule has 0 spiro atoms. The molecule has 1 aromatic heterocycles. The summed E-state index contributed by atoms with van der Waals surface area (Å²) in [4.78, 5) is 19.3. The van der Waals surface area contributed by atoms with Crippen LogP contribution in [0.1, 0.15) is 35.5 Å². The van der Waals surface area contributed by atoms with E-state index in [4.69, 9.17) is 0 Å². The van der Waals surface area contributed by atoms with Crippen molar-refractivity contribution in [1.82, 2.24) is 20.0 Å². The Morgan fingerprint density at radius 1 is 1.22 bits per heavy atom. The number of hydrogen-bond donors (Lipinski definition) is 1. The summed E-state index contributed by atoms with van der Waals surface area (Å²) < 4.78 is 0. The first-order chi connectivity index (χ1) is 12.9. The molecule has 1 fully saturated rings. The number of benzene rings is 1. The SMILES string of the molecule is Cc1cccc(N2CCN(CC(=O)N(C)[C@@H](C)c3c(C)n[nH]c3C)CC2)c1. The number of aromatic nitrogens is 2. The van der Waals surface area contributed by atoms with E-state index in [0.717, 1.165) is 43.1 Å². The second-order valence-corrected chi connectivity index (χ2v) is 7.63. The number of carbonyl (C=O) groups is 1. The van der Waals surface area contributed by atoms with Crippen LogP contribution in [0.3, 0.4) is 0 Å². The van der Waals surface area contributed by atoms with Crippen molar-refractivity contribution in [2.45, 2.75) is 33.7 Å². The normalized spacial score (nSPS) is 16.4. The quantitative estimate of drug-likeness (QED) is 0.880. The van der Waals surface area contributed by atoms with Gasteiger partial charge in [-0.25, -0.2) is 0 Å². The smallest absolute Gasteiger partial charge is 0.236 e. The van der Waals surface area contributed by atoms with Crippen LogP contribution in [0.4, 0.5) is 5.69 Å². The third-order valence-electron chi connectivity index (χ3n) is 5.68. The van der Waals surface area contributed by atoms with Gasteiger partial charge in [0.05, 0.1) is 18.3 Å². The van der Waals surface area contributed by atoms with E-state index in [9.17, 15) is 4.79 Å². The highest BCUT2D eigenvalue weighted by atomic mass is 16.2. The van der Waals surface area contributed by atoms with Crippen molar-refractivity contribution in [2.24, 2.45) is 0 Å². The molecule has 146 valence electrons. The zero-order chi connectivity index (χ0) is 19.6. The number of aromatic amines is 1. The van der Waals surface area contributed by atoms with E-state index >= 15 is 0 Å². The second-order valence-electron chi connectivity index (χ2n) is 7.63. The van der Waals surface area contributed by atoms with Crippen LogP contribution in [-0.2, 0) is 4.79 Å². The maximum Gasteiger partial charge on any atom is 0.236 e. The van der Waals surface area contributed by atoms with Crippen LogP contribution in [0.15, 0.2) is 24.3 Å². The highest BCUT2D eigenvalue weighted by Crippen LogP contribution is 2.24. The largest absolute Gasteiger partial charge is 0.369 e. The Morgan fingerprint density at radius 2 is 1.93 bits per heavy atom. The molecule has 0 bridgehead atoms. The van der Waals surface area contributed by atoms with Crippen LogP contribution < -0.4 is 4.90 Å². The summed E-state index contributed by atoms with van der Waals surface area (Å²) in [7, 11) is 1.89. The summed E-state index contributed by atoms with van der Waals surface area (Å²) in [6.45, 7) is 12.4. The lowest BCUT2D eigenvalue weighted by atomic mass is 10.1. The molecule has 0 unspecified atom stereocenters. The molecule has 6 nitrogen and oxygen atoms in total. The van der Waals surface area contributed by atoms with Crippen molar-refractivity contribution in [1.29, 1.82) is 0 Å². The molecule has 1 aromatic carbocycles. The molecule has 3 rings (SSSR count). The molecule has 27 heavy (non-hydrogen) atoms. The second kappa shape index (κ2) is 8.13. The number of rotatable bonds is 5. The average molecular weight is 370 g/mol. The van der Waals surface area contributed by atoms with Gasteiger partial charge in [-0.1, -0.05) is 12.1 Å². The molecule has 1 atom stereocenters. The van der Waals surface area contributed by atoms with Crippen molar-refractivity contribution in [3.63, 3.8) is 0 Å². The van der Waals surface area contributed by atoms with Crippen molar-refractivity contribution in [3.8, 4) is 0 Å². The minimum Gasteiger partial charge on any atom is -0.369 e. The van der Waals surface area contributed by atoms with E-state index < -0.39 is 0 Å². The fourth-order valence-electron chi connectivity index (χ4n) is 3.88. The van der Waals surface area contributed by atoms with Crippen LogP contribution in [-0.4, -0.2) is 65.7 Å². The number of aryl methyl sites for hydroxylation is 3. The number of likely N-dealkylation sites (N-methyl/N-ethyl adjacent to an activating group) is 1. The Balaban J connectivity index is 1.54. The van der Waals surface area contributed by atoms with E-state index in [1.54, 1.807) is 0 Å². The predicted octanol–water partition coefficient (Wildman–Crippen LogP) is 2.68. The summed E-state index contributed by atoms with van der Waals surface area (Å²) in [5, 5.41) is 7.27. The molecule has 0 saturated carbocycles. The van der Waals surface area contributed by atoms with E-state index in [-0.39, 0.29) is 11.9 Å². The van der Waals surface area contributed by atoms with Crippen molar-refractivity contribution < 1.29 is 4.79 Å². The standard InChI is InChI=1S/C21H31N5O/c1-15-7-6-8-19(13-15)26-11-9-25(10-12-26)14-20(27)24(5)18(4)21-16(2)22-23-17(21)3/h6-8,13,18H,9-12,14H2,1-5H3,(H,22,23)/t18-/m0/s1. The third kappa shape index (κ3) is 4.33. The first-order valence-electron chi connectivity index (χ1n) is 9.68. The maximum atomic E-state index is 12.8. The highest BCUT2D eigenvalue weighted by Gasteiger charge is 2.25. The third-order valence-corrected chi connectivity index (χ3v) is 5.68. The van der Waals surface area contributed by atoms with Gasteiger partial charge < -0.3 is 9.80 Å². The number of H-pyrrole nitrogens is 1. The Bertz CT molecular complexity index is 772. The Kier molecular flexibility index (Phi) is 5.85. The van der Waals surface area contributed by atoms with Crippen molar-refractivity contribution in [2.75, 3.05) is 44.7 Å². The maximum absolute atomic E-state index is 12.8. The van der Waals surface area contributed by atoms with Gasteiger partial charge in [0.1, 0.15) is 0 Å². The van der Waals surface area contributed by atoms with E-state index in [1.807, 2.05) is 25.8 Å². The van der Waals surface area contributed by atoms with Gasteiger partial charge in [-0.05, 0) is 45.4 Å². The van der Waals surface area contributed by atoms with Crippen LogP contribution in [0.2, 0.25) is 0 Å². The number of piperazine rings is 1. The van der Waals surface area contributed by atoms with Gasteiger partial charge in [0.2, 0.25) is 5.91 Å². The first kappa shape index (κ1) is 19.4. The number of nitrogens with zero attached hydrogens (tertiary/aromatic N) is 4. The van der Waals surface area contributed by atoms with Crippen LogP contribution in [0.25, 0.3) is 0 Å². The number of anilines is 1. The fraction of sp³-hybridized carbons (Fsp3) is 0.524. The Labute approximate surface area is 162 Å². The Morgan fingerprint density at radius 3 is 2.52 bits per heavy atom. The summed E-state index contributed by atoms with van der Waals surface area (Å²) >= 11 is 0. The molecular formula is C21H31N5O. The Hall–Kier alpha value is -2.34. The molecule has 2 heterocycles. The van der Waals surface area contributed by atoms with Gasteiger partial charge in [0.15, 0.2) is 0 Å². The molecule has 6 heteroatoms. The van der Waals surface area contributed by atoms with Gasteiger partial charge in [-0.15, -0.1) is 0 Å². The summed E-state index contributed by atoms with van der Waals surface area (Å²) in [6.07, 6.45) is 0. The van der Waals surface area contributed by atoms with Crippen LogP contribution >= 0.6 is 0 Å². The monoisotopic (exact) mass is 369 g/mol. The lowest BCUT2D eigenvalue weighted by Crippen LogP contribution is -2.50. The van der Waals surface area contributed by atoms with Gasteiger partial charge in [-0.3, -0.25) is 14.8 Å². The van der Waals surface area contributed by atoms with E-state index in [2.05, 4.69) is 58.1 Å². The molecule has 0 radical (unpaired) electrons. The number of carbonyl (C=O) groups excluding carboxylic acids is 1. The summed E-state index contributed by atoms with van der Waals surface area (Å²) in [5.74, 6) is 0.159. The molecule has 1 aliphatic heterocycles. The zero-order valence-electron chi connectivity index (χ0n) is 17.1. The number of amides is 1. The number of hydrogen-bond acceptors (Lipinski definition) is 4. The van der Waals surface area contributed by atoms with Crippen LogP contribution in [0, 0.1) is 20.8 Å². The lowest BCUT2D eigenvalue weighted by molar-refractivity contribution is -0.133. The summed E-state index contributed by atoms with van der Waals surface area (Å²) in [5.41, 5.74) is 5.68. The fourth-order valence-corrected chi connectivity index (χ4v) is 3.88. The number of nitrogens with one attached hydrogen (secondary N) is 1. The van der Waals surface area contributed by atoms with Gasteiger partial charge in [0.25, 0.3) is 0 Å². The van der Waals surface area contributed by atoms with Crippen LogP contribution in [0.5, 0.6) is 0 Å². The van der Waals surface area contributed by atoms with E-state index in [0.29, 0.717) is 6.54 Å². The average Bonchev–Trinajstić information content (AvgIpc) is 2.99. The topological polar surface area (TPSA) is 55.5 Å². The molecule has 0 aliphatic carbocycles. The zero-order valence-corrected chi connectivity index (χ0v) is 17.1. The van der Waals surface area contributed by atoms with E-state index in [1.165, 1.54) is 11.3 Å². The minimum atomic E-state index is 0.0184. The molecule has 1 saturated heterocycles. The predicted molar refractivity (Wildman–Crippen MR) is 109 cm³/mol. The molecule has 1 amide bonds. The van der Waals surface area contributed by atoms with Crippen molar-refractivity contribution in [3.05, 3.63) is 46.8 Å². The van der Waals surface area contributed by atoms with Crippen molar-refractivity contribution >= 4 is 11.6 Å². The first-order valence-corrected chi connectivity index (χ1v) is 9.68. The lowest BCUT2D eigenvalue weighted by Gasteiger charge is -2.37. The highest BCUT2D eigenvalue weighted by molar-refractivity contribution is 5.78. The van der Waals surface area contributed by atoms with Gasteiger partial charge in [0, 0.05) is 50.2 Å².